The molecule has 98 valence electrons. The van der Waals surface area contributed by atoms with Gasteiger partial charge in [0.15, 0.2) is 0 Å². The summed E-state index contributed by atoms with van der Waals surface area (Å²) in [6.07, 6.45) is 0. The molecule has 0 atom stereocenters. The Bertz CT molecular complexity index is 89.7. The van der Waals surface area contributed by atoms with Gasteiger partial charge in [-0.1, -0.05) is 14.9 Å². The largest absolute Gasteiger partial charge is 1.00 e. The molecule has 2 amide bonds. The van der Waals surface area contributed by atoms with Crippen molar-refractivity contribution in [3.05, 3.63) is 0 Å². The van der Waals surface area contributed by atoms with Crippen molar-refractivity contribution in [3.8, 4) is 0 Å². The van der Waals surface area contributed by atoms with Crippen LogP contribution < -0.4 is 23.8 Å². The topological polar surface area (TPSA) is 250 Å². The highest BCUT2D eigenvalue weighted by Gasteiger charge is 1.60. The lowest BCUT2D eigenvalue weighted by Crippen LogP contribution is -2.18. The molecule has 0 aliphatic rings. The molecule has 0 aromatic heterocycles. The average Bonchev–Trinajstić information content (AvgIpc) is 1.65. The highest BCUT2D eigenvalue weighted by Crippen LogP contribution is 1.33. The van der Waals surface area contributed by atoms with Gasteiger partial charge in [-0.15, -0.1) is 0 Å². The van der Waals surface area contributed by atoms with E-state index in [1.54, 1.807) is 0 Å². The van der Waals surface area contributed by atoms with Gasteiger partial charge in [0.2, 0.25) is 0 Å². The van der Waals surface area contributed by atoms with E-state index >= 15 is 0 Å². The van der Waals surface area contributed by atoms with Crippen LogP contribution in [-0.4, -0.2) is 28.7 Å². The Balaban J connectivity index is -0.00000000308. The summed E-state index contributed by atoms with van der Waals surface area (Å²) in [5, 5.41) is 7.01. The average molecular weight is 229 g/mol. The first-order valence-corrected chi connectivity index (χ1v) is 1.44. The van der Waals surface area contributed by atoms with E-state index in [0.29, 0.717) is 0 Å². The lowest BCUT2D eigenvalue weighted by molar-refractivity contribution is -0.217. The molecule has 0 aliphatic heterocycles. The lowest BCUT2D eigenvalue weighted by atomic mass is 11.2. The number of urea groups is 1. The third-order valence-electron chi connectivity index (χ3n) is 0.0430. The molecule has 0 unspecified atom stereocenters. The maximum Gasteiger partial charge on any atom is 1.00 e. The molecule has 0 radical (unpaired) electrons. The van der Waals surface area contributed by atoms with Crippen LogP contribution >= 0.6 is 0 Å². The predicted molar refractivity (Wildman–Crippen MR) is 59.6 cm³/mol. The molecule has 0 heterocycles. The molecular weight excluding hydrogens is 200 g/mol. The summed E-state index contributed by atoms with van der Waals surface area (Å²) in [5.41, 5.74) is 8.50. The number of rotatable bonds is 1. The first kappa shape index (κ1) is 81.0. The Morgan fingerprint density at radius 2 is 1.43 bits per heavy atom. The molecule has 16 N–H and O–H groups in total. The summed E-state index contributed by atoms with van der Waals surface area (Å²) < 4.78 is 0. The number of carbonyl (C=O) groups excluding carboxylic acids is 2. The SMILES string of the molecule is C.C.N.NC(N)=O.O.O.O=COO.[H+].[H+].[HH].[NH4+]. The third-order valence-corrected chi connectivity index (χ3v) is 0.0430. The maximum atomic E-state index is 9.00. The van der Waals surface area contributed by atoms with Gasteiger partial charge in [-0.25, -0.2) is 10.1 Å². The summed E-state index contributed by atoms with van der Waals surface area (Å²) in [6.45, 7) is -0.0694. The Morgan fingerprint density at radius 3 is 1.43 bits per heavy atom. The zero-order valence-electron chi connectivity index (χ0n) is 8.61. The molecule has 0 saturated heterocycles. The van der Waals surface area contributed by atoms with E-state index in [-0.39, 0.29) is 48.9 Å². The molecule has 0 aliphatic carbocycles. The van der Waals surface area contributed by atoms with Gasteiger partial charge >= 0.3 is 15.4 Å². The number of quaternary nitrogens is 1. The molecule has 0 rings (SSSR count). The summed E-state index contributed by atoms with van der Waals surface area (Å²) in [4.78, 5) is 20.6. The first-order valence-electron chi connectivity index (χ1n) is 1.44. The van der Waals surface area contributed by atoms with Crippen LogP contribution in [0.4, 0.5) is 4.79 Å². The van der Waals surface area contributed by atoms with E-state index < -0.39 is 6.03 Å². The summed E-state index contributed by atoms with van der Waals surface area (Å²) in [7, 11) is 0. The summed E-state index contributed by atoms with van der Waals surface area (Å²) >= 11 is 0. The molecule has 0 spiro atoms. The second-order valence-corrected chi connectivity index (χ2v) is 0.604. The lowest BCUT2D eigenvalue weighted by Gasteiger charge is -1.63. The maximum absolute atomic E-state index is 9.00. The number of carbonyl (C=O) groups is 2. The van der Waals surface area contributed by atoms with Gasteiger partial charge in [0, 0.05) is 1.43 Å². The van der Waals surface area contributed by atoms with Crippen LogP contribution in [0.15, 0.2) is 0 Å². The van der Waals surface area contributed by atoms with Crippen molar-refractivity contribution in [3.63, 3.8) is 0 Å². The summed E-state index contributed by atoms with van der Waals surface area (Å²) in [5.74, 6) is 0. The van der Waals surface area contributed by atoms with Gasteiger partial charge in [0.1, 0.15) is 0 Å². The number of hydrogen-bond donors (Lipinski definition) is 5. The predicted octanol–water partition coefficient (Wildman–Crippen LogP) is -0.712. The van der Waals surface area contributed by atoms with E-state index in [2.05, 4.69) is 16.4 Å². The minimum atomic E-state index is -0.833. The molecule has 0 bridgehead atoms. The van der Waals surface area contributed by atoms with Crippen LogP contribution in [0, 0.1) is 0 Å². The van der Waals surface area contributed by atoms with Crippen molar-refractivity contribution in [1.82, 2.24) is 12.3 Å². The van der Waals surface area contributed by atoms with Gasteiger partial charge in [-0.2, -0.15) is 0 Å². The van der Waals surface area contributed by atoms with Crippen molar-refractivity contribution in [2.45, 2.75) is 14.9 Å². The fraction of sp³-hybridized carbons (Fsp3) is 0.500. The van der Waals surface area contributed by atoms with E-state index in [1.165, 1.54) is 0 Å². The molecule has 0 fully saturated rings. The van der Waals surface area contributed by atoms with E-state index in [1.807, 2.05) is 0 Å². The minimum Gasteiger partial charge on any atom is -0.412 e. The molecular formula is C4H29N4O6+3. The zero-order chi connectivity index (χ0) is 6.99. The molecule has 14 heavy (non-hydrogen) atoms. The normalized spacial score (nSPS) is 3.21. The van der Waals surface area contributed by atoms with Gasteiger partial charge < -0.3 is 39.6 Å². The van der Waals surface area contributed by atoms with Crippen LogP contribution in [0.3, 0.4) is 0 Å². The van der Waals surface area contributed by atoms with Crippen LogP contribution in [0.1, 0.15) is 19.1 Å². The fourth-order valence-corrected chi connectivity index (χ4v) is 0. The van der Waals surface area contributed by atoms with E-state index in [0.717, 1.165) is 0 Å². The Kier molecular flexibility index (Phi) is 592. The number of hydrogen-bond acceptors (Lipinski definition) is 5. The van der Waals surface area contributed by atoms with Gasteiger partial charge in [-0.05, 0) is 0 Å². The zero-order valence-corrected chi connectivity index (χ0v) is 6.61. The molecule has 0 aromatic rings. The van der Waals surface area contributed by atoms with Crippen molar-refractivity contribution in [2.75, 3.05) is 0 Å². The smallest absolute Gasteiger partial charge is 0.412 e. The van der Waals surface area contributed by atoms with Crippen molar-refractivity contribution in [2.24, 2.45) is 11.5 Å². The van der Waals surface area contributed by atoms with Gasteiger partial charge in [0.05, 0.1) is 0 Å². The third kappa shape index (κ3) is 4530. The van der Waals surface area contributed by atoms with E-state index in [9.17, 15) is 0 Å². The van der Waals surface area contributed by atoms with Crippen LogP contribution in [0.2, 0.25) is 0 Å². The highest BCUT2D eigenvalue weighted by molar-refractivity contribution is 5.69. The Labute approximate surface area is 87.4 Å². The first-order chi connectivity index (χ1) is 3.65. The number of amides is 2. The number of nitrogens with two attached hydrogens (primary N) is 2. The van der Waals surface area contributed by atoms with E-state index in [4.69, 9.17) is 14.8 Å². The standard InChI is InChI=1S/CH4N2O.CH2O3.2CH4.2H3N.2H2O.H2/c2-1(3)4;2-1-4-3;;;;;;;/h(H4,2,3,4);1,3H;2*1H4;2*1H3;2*1H2;1H/p+3. The Morgan fingerprint density at radius 1 is 1.36 bits per heavy atom. The molecule has 0 aromatic carbocycles. The van der Waals surface area contributed by atoms with Crippen LogP contribution in [-0.2, 0) is 9.68 Å². The molecule has 0 saturated carbocycles. The van der Waals surface area contributed by atoms with Crippen LogP contribution in [0.25, 0.3) is 0 Å². The quantitative estimate of drug-likeness (QED) is 0.221. The van der Waals surface area contributed by atoms with Crippen molar-refractivity contribution in [1.29, 1.82) is 0 Å². The number of primary amides is 2. The summed E-state index contributed by atoms with van der Waals surface area (Å²) in [6, 6.07) is -0.833. The monoisotopic (exact) mass is 229 g/mol. The Hall–Kier alpha value is -1.46. The molecule has 10 nitrogen and oxygen atoms in total. The van der Waals surface area contributed by atoms with Crippen molar-refractivity contribution >= 4 is 12.5 Å². The second kappa shape index (κ2) is 102. The van der Waals surface area contributed by atoms with Crippen molar-refractivity contribution < 1.29 is 35.0 Å². The van der Waals surface area contributed by atoms with Gasteiger partial charge in [-0.3, -0.25) is 4.79 Å². The highest BCUT2D eigenvalue weighted by atomic mass is 17.1. The molecule has 10 heteroatoms. The van der Waals surface area contributed by atoms with Crippen LogP contribution in [0.5, 0.6) is 0 Å². The second-order valence-electron chi connectivity index (χ2n) is 0.604. The fourth-order valence-electron chi connectivity index (χ4n) is 0. The minimum absolute atomic E-state index is 0. The van der Waals surface area contributed by atoms with Gasteiger partial charge in [0.25, 0.3) is 0 Å².